The number of carbonyl (C=O) groups excluding carboxylic acids is 1. The van der Waals surface area contributed by atoms with E-state index >= 15 is 0 Å². The number of amides is 1. The van der Waals surface area contributed by atoms with E-state index in [1.807, 2.05) is 44.9 Å². The predicted octanol–water partition coefficient (Wildman–Crippen LogP) is 4.82. The summed E-state index contributed by atoms with van der Waals surface area (Å²) in [5.74, 6) is 1.85. The molecule has 0 radical (unpaired) electrons. The smallest absolute Gasteiger partial charge is 0.247 e. The fourth-order valence-corrected chi connectivity index (χ4v) is 3.21. The van der Waals surface area contributed by atoms with Crippen molar-refractivity contribution in [1.29, 1.82) is 0 Å². The third kappa shape index (κ3) is 5.99. The zero-order chi connectivity index (χ0) is 23.1. The van der Waals surface area contributed by atoms with E-state index in [2.05, 4.69) is 15.5 Å². The highest BCUT2D eigenvalue weighted by atomic mass is 35.5. The van der Waals surface area contributed by atoms with E-state index in [0.29, 0.717) is 47.2 Å². The summed E-state index contributed by atoms with van der Waals surface area (Å²) >= 11 is 6.03. The molecule has 1 aromatic heterocycles. The van der Waals surface area contributed by atoms with Crippen LogP contribution in [0.3, 0.4) is 0 Å². The lowest BCUT2D eigenvalue weighted by atomic mass is 10.2. The molecule has 1 atom stereocenters. The Hall–Kier alpha value is -3.10. The van der Waals surface area contributed by atoms with Gasteiger partial charge in [0, 0.05) is 22.3 Å². The molecule has 170 valence electrons. The van der Waals surface area contributed by atoms with Gasteiger partial charge in [0.05, 0.1) is 25.8 Å². The van der Waals surface area contributed by atoms with Gasteiger partial charge in [0.15, 0.2) is 11.5 Å². The Bertz CT molecular complexity index is 1060. The number of hydrogen-bond donors (Lipinski definition) is 1. The number of nitrogens with one attached hydrogen (secondary N) is 1. The summed E-state index contributed by atoms with van der Waals surface area (Å²) in [6.45, 7) is 6.86. The summed E-state index contributed by atoms with van der Waals surface area (Å²) in [4.78, 5) is 14.4. The van der Waals surface area contributed by atoms with E-state index in [9.17, 15) is 4.79 Å². The van der Waals surface area contributed by atoms with Crippen LogP contribution in [0.25, 0.3) is 11.5 Å². The molecule has 0 spiro atoms. The molecule has 1 amide bonds. The van der Waals surface area contributed by atoms with E-state index in [1.54, 1.807) is 30.3 Å². The van der Waals surface area contributed by atoms with Gasteiger partial charge in [0.2, 0.25) is 17.7 Å². The molecule has 3 rings (SSSR count). The van der Waals surface area contributed by atoms with Gasteiger partial charge < -0.3 is 19.2 Å². The number of benzene rings is 2. The van der Waals surface area contributed by atoms with Crippen LogP contribution in [0.5, 0.6) is 11.5 Å². The molecule has 8 nitrogen and oxygen atoms in total. The lowest BCUT2D eigenvalue weighted by molar-refractivity contribution is -0.117. The van der Waals surface area contributed by atoms with Crippen LogP contribution >= 0.6 is 11.6 Å². The molecule has 1 heterocycles. The van der Waals surface area contributed by atoms with E-state index in [4.69, 9.17) is 25.5 Å². The molecule has 0 bridgehead atoms. The Morgan fingerprint density at radius 3 is 2.59 bits per heavy atom. The molecule has 9 heteroatoms. The van der Waals surface area contributed by atoms with Crippen molar-refractivity contribution in [3.05, 3.63) is 53.4 Å². The maximum atomic E-state index is 12.6. The van der Waals surface area contributed by atoms with Gasteiger partial charge in [-0.25, -0.2) is 0 Å². The number of anilines is 1. The van der Waals surface area contributed by atoms with Crippen LogP contribution < -0.4 is 14.8 Å². The highest BCUT2D eigenvalue weighted by molar-refractivity contribution is 6.30. The minimum atomic E-state index is -0.263. The maximum Gasteiger partial charge on any atom is 0.247 e. The Balaban J connectivity index is 1.62. The molecular weight excluding hydrogens is 432 g/mol. The number of carbonyl (C=O) groups is 1. The highest BCUT2D eigenvalue weighted by Crippen LogP contribution is 2.31. The van der Waals surface area contributed by atoms with Gasteiger partial charge in [-0.1, -0.05) is 17.7 Å². The Morgan fingerprint density at radius 1 is 1.12 bits per heavy atom. The van der Waals surface area contributed by atoms with Crippen molar-refractivity contribution in [1.82, 2.24) is 15.1 Å². The molecule has 0 aliphatic heterocycles. The van der Waals surface area contributed by atoms with Crippen LogP contribution in [0.15, 0.2) is 46.9 Å². The number of rotatable bonds is 10. The Morgan fingerprint density at radius 2 is 1.88 bits per heavy atom. The maximum absolute atomic E-state index is 12.6. The number of ether oxygens (including phenoxy) is 2. The van der Waals surface area contributed by atoms with Crippen LogP contribution in [0.4, 0.5) is 5.69 Å². The zero-order valence-electron chi connectivity index (χ0n) is 18.6. The first-order valence-corrected chi connectivity index (χ1v) is 10.8. The summed E-state index contributed by atoms with van der Waals surface area (Å²) in [6.07, 6.45) is 0. The van der Waals surface area contributed by atoms with E-state index in [0.717, 1.165) is 5.56 Å². The van der Waals surface area contributed by atoms with Crippen molar-refractivity contribution in [2.45, 2.75) is 26.8 Å². The number of halogens is 1. The molecule has 0 fully saturated rings. The zero-order valence-corrected chi connectivity index (χ0v) is 19.3. The van der Waals surface area contributed by atoms with Gasteiger partial charge in [-0.15, -0.1) is 10.2 Å². The van der Waals surface area contributed by atoms with E-state index < -0.39 is 0 Å². The van der Waals surface area contributed by atoms with Crippen LogP contribution in [0.1, 0.15) is 32.7 Å². The Kier molecular flexibility index (Phi) is 8.08. The van der Waals surface area contributed by atoms with Crippen molar-refractivity contribution >= 4 is 23.2 Å². The van der Waals surface area contributed by atoms with Gasteiger partial charge in [0.25, 0.3) is 0 Å². The molecule has 1 N–H and O–H groups in total. The van der Waals surface area contributed by atoms with E-state index in [1.165, 1.54) is 0 Å². The molecule has 0 saturated heterocycles. The summed E-state index contributed by atoms with van der Waals surface area (Å²) in [5.41, 5.74) is 1.37. The van der Waals surface area contributed by atoms with Crippen LogP contribution in [0.2, 0.25) is 5.02 Å². The second-order valence-electron chi connectivity index (χ2n) is 7.12. The molecule has 0 saturated carbocycles. The molecule has 0 unspecified atom stereocenters. The number of hydrogen-bond acceptors (Lipinski definition) is 7. The van der Waals surface area contributed by atoms with Crippen LogP contribution in [0, 0.1) is 0 Å². The summed E-state index contributed by atoms with van der Waals surface area (Å²) in [6, 6.07) is 12.3. The largest absolute Gasteiger partial charge is 0.490 e. The standard InChI is InChI=1S/C23H27ClN4O4/c1-5-30-19-11-10-18(13-20(19)31-6-2)25-21(29)14-28(4)15(3)22-26-27-23(32-22)16-8-7-9-17(24)12-16/h7-13,15H,5-6,14H2,1-4H3,(H,25,29)/t15-/m1/s1. The van der Waals surface area contributed by atoms with Crippen LogP contribution in [-0.4, -0.2) is 47.8 Å². The summed E-state index contributed by atoms with van der Waals surface area (Å²) < 4.78 is 17.0. The van der Waals surface area contributed by atoms with Gasteiger partial charge >= 0.3 is 0 Å². The average molecular weight is 459 g/mol. The highest BCUT2D eigenvalue weighted by Gasteiger charge is 2.21. The topological polar surface area (TPSA) is 89.7 Å². The molecule has 0 aliphatic rings. The number of aromatic nitrogens is 2. The van der Waals surface area contributed by atoms with Gasteiger partial charge in [-0.2, -0.15) is 0 Å². The first kappa shape index (κ1) is 23.6. The van der Waals surface area contributed by atoms with Crippen LogP contribution in [-0.2, 0) is 4.79 Å². The second kappa shape index (κ2) is 11.0. The summed E-state index contributed by atoms with van der Waals surface area (Å²) in [5, 5.41) is 11.7. The lowest BCUT2D eigenvalue weighted by Gasteiger charge is -2.21. The number of nitrogens with zero attached hydrogens (tertiary/aromatic N) is 3. The third-order valence-electron chi connectivity index (χ3n) is 4.75. The van der Waals surface area contributed by atoms with Crippen molar-refractivity contribution in [3.8, 4) is 23.0 Å². The van der Waals surface area contributed by atoms with Gasteiger partial charge in [-0.3, -0.25) is 9.69 Å². The minimum absolute atomic E-state index is 0.132. The van der Waals surface area contributed by atoms with Crippen molar-refractivity contribution < 1.29 is 18.7 Å². The summed E-state index contributed by atoms with van der Waals surface area (Å²) in [7, 11) is 1.82. The average Bonchev–Trinajstić information content (AvgIpc) is 3.25. The minimum Gasteiger partial charge on any atom is -0.490 e. The van der Waals surface area contributed by atoms with Gasteiger partial charge in [0.1, 0.15) is 0 Å². The molecule has 32 heavy (non-hydrogen) atoms. The normalized spacial score (nSPS) is 11.9. The first-order valence-electron chi connectivity index (χ1n) is 10.4. The molecule has 3 aromatic rings. The molecule has 0 aliphatic carbocycles. The van der Waals surface area contributed by atoms with Gasteiger partial charge in [-0.05, 0) is 58.2 Å². The second-order valence-corrected chi connectivity index (χ2v) is 7.56. The fourth-order valence-electron chi connectivity index (χ4n) is 3.02. The fraction of sp³-hybridized carbons (Fsp3) is 0.348. The first-order chi connectivity index (χ1) is 15.4. The number of likely N-dealkylation sites (N-methyl/N-ethyl adjacent to an activating group) is 1. The SMILES string of the molecule is CCOc1ccc(NC(=O)CN(C)[C@H](C)c2nnc(-c3cccc(Cl)c3)o2)cc1OCC. The quantitative estimate of drug-likeness (QED) is 0.465. The Labute approximate surface area is 192 Å². The van der Waals surface area contributed by atoms with Crippen molar-refractivity contribution in [2.24, 2.45) is 0 Å². The molecule has 2 aromatic carbocycles. The van der Waals surface area contributed by atoms with E-state index in [-0.39, 0.29) is 18.5 Å². The predicted molar refractivity (Wildman–Crippen MR) is 123 cm³/mol. The van der Waals surface area contributed by atoms with Crippen molar-refractivity contribution in [2.75, 3.05) is 32.1 Å². The lowest BCUT2D eigenvalue weighted by Crippen LogP contribution is -2.32. The molecular formula is C23H27ClN4O4. The third-order valence-corrected chi connectivity index (χ3v) is 4.99. The monoisotopic (exact) mass is 458 g/mol. The van der Waals surface area contributed by atoms with Crippen molar-refractivity contribution in [3.63, 3.8) is 0 Å².